The number of aliphatic hydroxyl groups excluding tert-OH is 1. The number of rotatable bonds is 5. The highest BCUT2D eigenvalue weighted by Crippen LogP contribution is 2.42. The summed E-state index contributed by atoms with van der Waals surface area (Å²) in [5.74, 6) is -1.08. The van der Waals surface area contributed by atoms with E-state index >= 15 is 0 Å². The largest absolute Gasteiger partial charge is 0.506 e. The van der Waals surface area contributed by atoms with Gasteiger partial charge in [-0.2, -0.15) is 0 Å². The Morgan fingerprint density at radius 3 is 2.49 bits per heavy atom. The third-order valence-electron chi connectivity index (χ3n) is 7.42. The van der Waals surface area contributed by atoms with Crippen LogP contribution in [0.5, 0.6) is 11.5 Å². The summed E-state index contributed by atoms with van der Waals surface area (Å²) in [6, 6.07) is 1.35. The molecule has 5 atom stereocenters. The van der Waals surface area contributed by atoms with Gasteiger partial charge in [0.2, 0.25) is 0 Å². The molecule has 0 spiro atoms. The van der Waals surface area contributed by atoms with E-state index in [2.05, 4.69) is 10.6 Å². The van der Waals surface area contributed by atoms with Crippen LogP contribution >= 0.6 is 0 Å². The Morgan fingerprint density at radius 1 is 1.17 bits per heavy atom. The summed E-state index contributed by atoms with van der Waals surface area (Å²) in [6.07, 6.45) is 6.38. The van der Waals surface area contributed by atoms with Gasteiger partial charge in [-0.25, -0.2) is 4.79 Å². The van der Waals surface area contributed by atoms with Crippen LogP contribution < -0.4 is 16.4 Å². The quantitative estimate of drug-likeness (QED) is 0.171. The van der Waals surface area contributed by atoms with Crippen molar-refractivity contribution in [3.05, 3.63) is 47.1 Å². The van der Waals surface area contributed by atoms with Crippen molar-refractivity contribution >= 4 is 23.4 Å². The van der Waals surface area contributed by atoms with Gasteiger partial charge in [0.05, 0.1) is 17.5 Å². The van der Waals surface area contributed by atoms with Crippen LogP contribution in [0.2, 0.25) is 0 Å². The molecule has 7 N–H and O–H groups in total. The molecule has 1 aromatic rings. The van der Waals surface area contributed by atoms with E-state index in [1.807, 2.05) is 52.8 Å². The molecule has 228 valence electrons. The van der Waals surface area contributed by atoms with Crippen LogP contribution in [0.25, 0.3) is 0 Å². The normalized spacial score (nSPS) is 24.8. The fourth-order valence-corrected chi connectivity index (χ4v) is 4.91. The Labute approximate surface area is 243 Å². The maximum atomic E-state index is 13.0. The van der Waals surface area contributed by atoms with Crippen molar-refractivity contribution in [1.29, 1.82) is 0 Å². The van der Waals surface area contributed by atoms with E-state index in [4.69, 9.17) is 10.5 Å². The topological polar surface area (TPSA) is 157 Å². The number of anilines is 2. The number of benzene rings is 1. The van der Waals surface area contributed by atoms with Gasteiger partial charge in [-0.1, -0.05) is 45.1 Å². The summed E-state index contributed by atoms with van der Waals surface area (Å²) in [7, 11) is 3.89. The molecule has 1 heterocycles. The molecule has 2 rings (SSSR count). The summed E-state index contributed by atoms with van der Waals surface area (Å²) < 4.78 is 5.40. The number of nitrogens with one attached hydrogen (secondary N) is 2. The minimum absolute atomic E-state index is 0.0338. The molecule has 1 aliphatic heterocycles. The number of phenols is 2. The molecule has 2 amide bonds. The number of allylic oxidation sites excluding steroid dienone is 2. The number of carbonyl (C=O) groups is 2. The number of nitrogens with zero attached hydrogens (tertiary/aromatic N) is 1. The summed E-state index contributed by atoms with van der Waals surface area (Å²) in [5.41, 5.74) is 7.51. The fraction of sp³-hybridized carbons (Fsp3) is 0.548. The zero-order valence-electron chi connectivity index (χ0n) is 25.4. The molecule has 0 saturated carbocycles. The first-order valence-electron chi connectivity index (χ1n) is 14.2. The molecule has 1 aliphatic rings. The lowest BCUT2D eigenvalue weighted by Crippen LogP contribution is -2.29. The van der Waals surface area contributed by atoms with Gasteiger partial charge in [0, 0.05) is 42.1 Å². The van der Waals surface area contributed by atoms with E-state index in [-0.39, 0.29) is 34.9 Å². The van der Waals surface area contributed by atoms with Crippen molar-refractivity contribution in [2.45, 2.75) is 66.1 Å². The molecule has 2 bridgehead atoms. The first-order valence-corrected chi connectivity index (χ1v) is 14.2. The average molecular weight is 573 g/mol. The van der Waals surface area contributed by atoms with Gasteiger partial charge in [0.25, 0.3) is 5.91 Å². The standard InChI is InChI=1S/C31H48N4O6/c1-18-11-12-25(36)21(4)16-22(5)29(41-31(32)40)19(2)9-8-10-20(3)30(39)34-24-17-26(37)27(23(15-18)28(24)38)33-13-14-35(6)7/h8-10,16-19,21,25,29,33,36-38H,11-15H2,1-7H3,(H2,32,40)(H,34,39). The summed E-state index contributed by atoms with van der Waals surface area (Å²) in [4.78, 5) is 26.6. The number of nitrogens with two attached hydrogens (primary N) is 1. The van der Waals surface area contributed by atoms with E-state index in [0.29, 0.717) is 49.2 Å². The van der Waals surface area contributed by atoms with E-state index in [1.54, 1.807) is 25.2 Å². The number of ether oxygens (including phenoxy) is 1. The van der Waals surface area contributed by atoms with Crippen LogP contribution in [0, 0.1) is 17.8 Å². The van der Waals surface area contributed by atoms with Crippen molar-refractivity contribution in [3.63, 3.8) is 0 Å². The molecule has 1 aromatic carbocycles. The SMILES string of the molecule is CC1=CC=CC(C)C(OC(N)=O)C(C)=CC(C)C(O)CCC(C)Cc2c(O)c(cc(O)c2NCCN(C)C)NC1=O. The number of primary amides is 1. The molecule has 10 heteroatoms. The van der Waals surface area contributed by atoms with Gasteiger partial charge in [0.15, 0.2) is 0 Å². The molecule has 0 saturated heterocycles. The molecular formula is C31H48N4O6. The average Bonchev–Trinajstić information content (AvgIpc) is 2.88. The van der Waals surface area contributed by atoms with Gasteiger partial charge in [-0.3, -0.25) is 4.79 Å². The Bertz CT molecular complexity index is 1160. The summed E-state index contributed by atoms with van der Waals surface area (Å²) in [6.45, 7) is 10.5. The van der Waals surface area contributed by atoms with Gasteiger partial charge >= 0.3 is 6.09 Å². The van der Waals surface area contributed by atoms with Crippen LogP contribution in [0.15, 0.2) is 41.5 Å². The predicted molar refractivity (Wildman–Crippen MR) is 163 cm³/mol. The second kappa shape index (κ2) is 15.5. The van der Waals surface area contributed by atoms with E-state index in [9.17, 15) is 24.9 Å². The van der Waals surface area contributed by atoms with Crippen LogP contribution in [-0.4, -0.2) is 71.6 Å². The number of amides is 2. The molecule has 41 heavy (non-hydrogen) atoms. The lowest BCUT2D eigenvalue weighted by molar-refractivity contribution is -0.112. The molecule has 0 radical (unpaired) electrons. The maximum absolute atomic E-state index is 13.0. The monoisotopic (exact) mass is 572 g/mol. The third kappa shape index (κ3) is 10.1. The smallest absolute Gasteiger partial charge is 0.405 e. The number of carbonyl (C=O) groups excluding carboxylic acids is 2. The van der Waals surface area contributed by atoms with E-state index in [0.717, 1.165) is 5.57 Å². The molecule has 0 fully saturated rings. The Hall–Kier alpha value is -3.50. The number of hydrogen-bond donors (Lipinski definition) is 6. The second-order valence-corrected chi connectivity index (χ2v) is 11.5. The first kappa shape index (κ1) is 33.7. The number of likely N-dealkylation sites (N-methyl/N-ethyl adjacent to an activating group) is 1. The van der Waals surface area contributed by atoms with Crippen molar-refractivity contribution < 1.29 is 29.6 Å². The van der Waals surface area contributed by atoms with Crippen molar-refractivity contribution in [3.8, 4) is 11.5 Å². The zero-order valence-corrected chi connectivity index (χ0v) is 25.4. The molecule has 0 aliphatic carbocycles. The van der Waals surface area contributed by atoms with Crippen molar-refractivity contribution in [1.82, 2.24) is 4.90 Å². The highest BCUT2D eigenvalue weighted by atomic mass is 16.6. The highest BCUT2D eigenvalue weighted by Gasteiger charge is 2.25. The minimum atomic E-state index is -0.894. The van der Waals surface area contributed by atoms with Gasteiger partial charge in [0.1, 0.15) is 17.6 Å². The third-order valence-corrected chi connectivity index (χ3v) is 7.42. The van der Waals surface area contributed by atoms with Gasteiger partial charge in [-0.15, -0.1) is 0 Å². The molecular weight excluding hydrogens is 524 g/mol. The molecule has 5 unspecified atom stereocenters. The van der Waals surface area contributed by atoms with Crippen LogP contribution in [-0.2, 0) is 16.0 Å². The van der Waals surface area contributed by atoms with Crippen molar-refractivity contribution in [2.75, 3.05) is 37.8 Å². The predicted octanol–water partition coefficient (Wildman–Crippen LogP) is 4.53. The number of hydrogen-bond acceptors (Lipinski definition) is 8. The number of fused-ring (bicyclic) bond motifs is 2. The van der Waals surface area contributed by atoms with E-state index < -0.39 is 24.2 Å². The number of phenolic OH excluding ortho intramolecular Hbond substituents is 2. The fourth-order valence-electron chi connectivity index (χ4n) is 4.91. The molecule has 0 aromatic heterocycles. The maximum Gasteiger partial charge on any atom is 0.405 e. The van der Waals surface area contributed by atoms with Crippen molar-refractivity contribution in [2.24, 2.45) is 23.5 Å². The van der Waals surface area contributed by atoms with Gasteiger partial charge < -0.3 is 41.3 Å². The highest BCUT2D eigenvalue weighted by molar-refractivity contribution is 6.04. The lowest BCUT2D eigenvalue weighted by atomic mass is 9.89. The number of aliphatic hydroxyl groups is 1. The first-order chi connectivity index (χ1) is 19.2. The summed E-state index contributed by atoms with van der Waals surface area (Å²) >= 11 is 0. The van der Waals surface area contributed by atoms with Gasteiger partial charge in [-0.05, 0) is 58.7 Å². The summed E-state index contributed by atoms with van der Waals surface area (Å²) in [5, 5.41) is 39.1. The Morgan fingerprint density at radius 2 is 1.85 bits per heavy atom. The van der Waals surface area contributed by atoms with Crippen LogP contribution in [0.4, 0.5) is 16.2 Å². The Balaban J connectivity index is 2.53. The zero-order chi connectivity index (χ0) is 30.9. The number of aromatic hydroxyl groups is 2. The van der Waals surface area contributed by atoms with Crippen LogP contribution in [0.3, 0.4) is 0 Å². The Kier molecular flexibility index (Phi) is 12.7. The lowest BCUT2D eigenvalue weighted by Gasteiger charge is -2.25. The van der Waals surface area contributed by atoms with Crippen LogP contribution in [0.1, 0.15) is 53.0 Å². The minimum Gasteiger partial charge on any atom is -0.506 e. The molecule has 10 nitrogen and oxygen atoms in total. The second-order valence-electron chi connectivity index (χ2n) is 11.5. The van der Waals surface area contributed by atoms with E-state index in [1.165, 1.54) is 6.07 Å².